The number of nitrogens with zero attached hydrogens (tertiary/aromatic N) is 2. The van der Waals surface area contributed by atoms with Gasteiger partial charge in [0, 0.05) is 25.8 Å². The number of rotatable bonds is 4. The molecule has 0 fully saturated rings. The van der Waals surface area contributed by atoms with Gasteiger partial charge in [-0.05, 0) is 12.1 Å². The summed E-state index contributed by atoms with van der Waals surface area (Å²) in [5.41, 5.74) is 0.456. The Morgan fingerprint density at radius 3 is 2.33 bits per heavy atom. The van der Waals surface area contributed by atoms with E-state index in [1.165, 1.54) is 12.1 Å². The maximum Gasteiger partial charge on any atom is 0.416 e. The Bertz CT molecular complexity index is 612. The van der Waals surface area contributed by atoms with E-state index in [0.29, 0.717) is 29.5 Å². The minimum atomic E-state index is -4.35. The van der Waals surface area contributed by atoms with Crippen molar-refractivity contribution in [1.29, 1.82) is 0 Å². The third-order valence-electron chi connectivity index (χ3n) is 2.80. The topological polar surface area (TPSA) is 47.0 Å². The Morgan fingerprint density at radius 2 is 1.81 bits per heavy atom. The zero-order valence-corrected chi connectivity index (χ0v) is 11.5. The number of methoxy groups -OCH3 is 1. The standard InChI is InChI=1S/C14H14F3N3O/c1-18-12-7-11(8-21-2)19-13(20-12)9-3-5-10(6-4-9)14(15,16)17/h3-7H,8H2,1-2H3,(H,18,19,20). The molecule has 0 saturated carbocycles. The van der Waals surface area contributed by atoms with Crippen molar-refractivity contribution in [2.24, 2.45) is 0 Å². The van der Waals surface area contributed by atoms with Gasteiger partial charge in [-0.2, -0.15) is 13.2 Å². The van der Waals surface area contributed by atoms with Gasteiger partial charge in [0.1, 0.15) is 5.82 Å². The van der Waals surface area contributed by atoms with E-state index in [1.807, 2.05) is 0 Å². The number of aromatic nitrogens is 2. The highest BCUT2D eigenvalue weighted by Crippen LogP contribution is 2.30. The van der Waals surface area contributed by atoms with Crippen LogP contribution in [-0.2, 0) is 17.5 Å². The molecule has 0 bridgehead atoms. The van der Waals surface area contributed by atoms with Crippen molar-refractivity contribution in [2.45, 2.75) is 12.8 Å². The molecule has 0 radical (unpaired) electrons. The van der Waals surface area contributed by atoms with Crippen LogP contribution in [0.2, 0.25) is 0 Å². The van der Waals surface area contributed by atoms with Crippen LogP contribution >= 0.6 is 0 Å². The fraction of sp³-hybridized carbons (Fsp3) is 0.286. The molecule has 0 spiro atoms. The highest BCUT2D eigenvalue weighted by atomic mass is 19.4. The first-order valence-electron chi connectivity index (χ1n) is 6.16. The van der Waals surface area contributed by atoms with Gasteiger partial charge in [-0.15, -0.1) is 0 Å². The average molecular weight is 297 g/mol. The molecule has 0 aliphatic rings. The van der Waals surface area contributed by atoms with E-state index < -0.39 is 11.7 Å². The number of anilines is 1. The third-order valence-corrected chi connectivity index (χ3v) is 2.80. The molecule has 1 aromatic carbocycles. The molecule has 0 atom stereocenters. The number of halogens is 3. The van der Waals surface area contributed by atoms with E-state index in [0.717, 1.165) is 12.1 Å². The summed E-state index contributed by atoms with van der Waals surface area (Å²) in [5, 5.41) is 2.88. The zero-order chi connectivity index (χ0) is 15.5. The van der Waals surface area contributed by atoms with E-state index >= 15 is 0 Å². The van der Waals surface area contributed by atoms with E-state index in [-0.39, 0.29) is 0 Å². The SMILES string of the molecule is CNc1cc(COC)nc(-c2ccc(C(F)(F)F)cc2)n1. The number of hydrogen-bond donors (Lipinski definition) is 1. The van der Waals surface area contributed by atoms with Gasteiger partial charge in [0.2, 0.25) is 0 Å². The molecule has 1 N–H and O–H groups in total. The van der Waals surface area contributed by atoms with E-state index in [9.17, 15) is 13.2 Å². The smallest absolute Gasteiger partial charge is 0.378 e. The van der Waals surface area contributed by atoms with Gasteiger partial charge < -0.3 is 10.1 Å². The van der Waals surface area contributed by atoms with Gasteiger partial charge in [-0.3, -0.25) is 0 Å². The summed E-state index contributed by atoms with van der Waals surface area (Å²) in [4.78, 5) is 8.51. The predicted molar refractivity (Wildman–Crippen MR) is 72.7 cm³/mol. The molecular weight excluding hydrogens is 283 g/mol. The summed E-state index contributed by atoms with van der Waals surface area (Å²) in [6, 6.07) is 6.46. The molecular formula is C14H14F3N3O. The van der Waals surface area contributed by atoms with Crippen LogP contribution in [0.4, 0.5) is 19.0 Å². The van der Waals surface area contributed by atoms with Gasteiger partial charge in [0.25, 0.3) is 0 Å². The average Bonchev–Trinajstić information content (AvgIpc) is 2.46. The van der Waals surface area contributed by atoms with Crippen molar-refractivity contribution in [3.63, 3.8) is 0 Å². The quantitative estimate of drug-likeness (QED) is 0.940. The van der Waals surface area contributed by atoms with Crippen LogP contribution in [-0.4, -0.2) is 24.1 Å². The minimum Gasteiger partial charge on any atom is -0.378 e. The van der Waals surface area contributed by atoms with Crippen LogP contribution in [0.15, 0.2) is 30.3 Å². The number of nitrogens with one attached hydrogen (secondary N) is 1. The van der Waals surface area contributed by atoms with Crippen molar-refractivity contribution in [2.75, 3.05) is 19.5 Å². The Morgan fingerprint density at radius 1 is 1.14 bits per heavy atom. The summed E-state index contributed by atoms with van der Waals surface area (Å²) in [7, 11) is 3.24. The van der Waals surface area contributed by atoms with Gasteiger partial charge >= 0.3 is 6.18 Å². The third kappa shape index (κ3) is 3.69. The van der Waals surface area contributed by atoms with Crippen LogP contribution in [0, 0.1) is 0 Å². The second kappa shape index (κ2) is 6.09. The molecule has 7 heteroatoms. The second-order valence-electron chi connectivity index (χ2n) is 4.33. The maximum absolute atomic E-state index is 12.5. The summed E-state index contributed by atoms with van der Waals surface area (Å²) in [5.74, 6) is 0.926. The molecule has 1 heterocycles. The molecule has 21 heavy (non-hydrogen) atoms. The fourth-order valence-corrected chi connectivity index (χ4v) is 1.78. The van der Waals surface area contributed by atoms with Crippen LogP contribution in [0.1, 0.15) is 11.3 Å². The van der Waals surface area contributed by atoms with E-state index in [1.54, 1.807) is 20.2 Å². The van der Waals surface area contributed by atoms with Gasteiger partial charge in [0.05, 0.1) is 17.9 Å². The first kappa shape index (κ1) is 15.2. The van der Waals surface area contributed by atoms with Crippen molar-refractivity contribution < 1.29 is 17.9 Å². The highest BCUT2D eigenvalue weighted by molar-refractivity contribution is 5.58. The normalized spacial score (nSPS) is 11.5. The molecule has 0 unspecified atom stereocenters. The maximum atomic E-state index is 12.5. The highest BCUT2D eigenvalue weighted by Gasteiger charge is 2.30. The summed E-state index contributed by atoms with van der Waals surface area (Å²) in [6.45, 7) is 0.296. The molecule has 1 aromatic heterocycles. The fourth-order valence-electron chi connectivity index (χ4n) is 1.78. The molecule has 112 valence electrons. The minimum absolute atomic E-state index is 0.296. The summed E-state index contributed by atoms with van der Waals surface area (Å²) in [6.07, 6.45) is -4.35. The van der Waals surface area contributed by atoms with Crippen LogP contribution < -0.4 is 5.32 Å². The lowest BCUT2D eigenvalue weighted by Gasteiger charge is -2.09. The number of alkyl halides is 3. The van der Waals surface area contributed by atoms with Crippen molar-refractivity contribution in [3.05, 3.63) is 41.6 Å². The first-order valence-corrected chi connectivity index (χ1v) is 6.16. The van der Waals surface area contributed by atoms with Gasteiger partial charge in [0.15, 0.2) is 5.82 Å². The van der Waals surface area contributed by atoms with E-state index in [4.69, 9.17) is 4.74 Å². The molecule has 0 saturated heterocycles. The van der Waals surface area contributed by atoms with Gasteiger partial charge in [-0.1, -0.05) is 12.1 Å². The number of hydrogen-bond acceptors (Lipinski definition) is 4. The van der Waals surface area contributed by atoms with Crippen LogP contribution in [0.3, 0.4) is 0 Å². The molecule has 0 aliphatic carbocycles. The lowest BCUT2D eigenvalue weighted by molar-refractivity contribution is -0.137. The molecule has 0 amide bonds. The summed E-state index contributed by atoms with van der Waals surface area (Å²) >= 11 is 0. The Hall–Kier alpha value is -2.15. The lowest BCUT2D eigenvalue weighted by Crippen LogP contribution is -2.05. The Balaban J connectivity index is 2.39. The monoisotopic (exact) mass is 297 g/mol. The Labute approximate surface area is 120 Å². The largest absolute Gasteiger partial charge is 0.416 e. The second-order valence-corrected chi connectivity index (χ2v) is 4.33. The first-order chi connectivity index (χ1) is 9.94. The zero-order valence-electron chi connectivity index (χ0n) is 11.5. The molecule has 2 aromatic rings. The molecule has 4 nitrogen and oxygen atoms in total. The van der Waals surface area contributed by atoms with Crippen LogP contribution in [0.25, 0.3) is 11.4 Å². The number of ether oxygens (including phenoxy) is 1. The molecule has 2 rings (SSSR count). The molecule has 0 aliphatic heterocycles. The van der Waals surface area contributed by atoms with Gasteiger partial charge in [-0.25, -0.2) is 9.97 Å². The summed E-state index contributed by atoms with van der Waals surface area (Å²) < 4.78 is 42.7. The van der Waals surface area contributed by atoms with Crippen LogP contribution in [0.5, 0.6) is 0 Å². The van der Waals surface area contributed by atoms with E-state index in [2.05, 4.69) is 15.3 Å². The van der Waals surface area contributed by atoms with Crippen molar-refractivity contribution >= 4 is 5.82 Å². The number of benzene rings is 1. The Kier molecular flexibility index (Phi) is 4.42. The predicted octanol–water partition coefficient (Wildman–Crippen LogP) is 3.35. The van der Waals surface area contributed by atoms with Crippen molar-refractivity contribution in [3.8, 4) is 11.4 Å². The lowest BCUT2D eigenvalue weighted by atomic mass is 10.1. The van der Waals surface area contributed by atoms with Crippen molar-refractivity contribution in [1.82, 2.24) is 9.97 Å².